The van der Waals surface area contributed by atoms with Gasteiger partial charge in [-0.25, -0.2) is 0 Å². The molecular weight excluding hydrogens is 432 g/mol. The number of hydrogen-bond acceptors (Lipinski definition) is 6. The molecule has 2 spiro atoms. The van der Waals surface area contributed by atoms with Gasteiger partial charge in [-0.3, -0.25) is 9.69 Å². The number of piperazine rings is 1. The summed E-state index contributed by atoms with van der Waals surface area (Å²) in [6, 6.07) is 0. The number of amides is 1. The van der Waals surface area contributed by atoms with Gasteiger partial charge < -0.3 is 4.90 Å². The zero-order valence-electron chi connectivity index (χ0n) is 21.8. The Balaban J connectivity index is 1.09. The third-order valence-electron chi connectivity index (χ3n) is 9.31. The number of nitrogens with zero attached hydrogens (tertiary/aromatic N) is 2. The number of fused-ring (bicyclic) bond motifs is 3. The van der Waals surface area contributed by atoms with Crippen molar-refractivity contribution in [2.45, 2.75) is 97.1 Å². The summed E-state index contributed by atoms with van der Waals surface area (Å²) in [7, 11) is 0. The molecule has 194 valence electrons. The lowest BCUT2D eigenvalue weighted by Crippen LogP contribution is -2.61. The molecule has 2 bridgehead atoms. The van der Waals surface area contributed by atoms with E-state index in [1.54, 1.807) is 0 Å². The van der Waals surface area contributed by atoms with Crippen LogP contribution in [0.2, 0.25) is 0 Å². The molecule has 5 fully saturated rings. The second-order valence-corrected chi connectivity index (χ2v) is 12.7. The molecule has 5 rings (SSSR count). The molecule has 2 saturated heterocycles. The summed E-state index contributed by atoms with van der Waals surface area (Å²) < 4.78 is 0. The standard InChI is InChI=1S/C27H46N2O5/c1-19(2)18-28-9-11-29(12-10-28)25(30)17-22-5-7-26(8-6-22)31-33-27(34-32-26)21(4)15-23-13-20(3)14-24(27)16-23/h19-24H,5-18H2,1-4H3. The number of carbonyl (C=O) groups excluding carboxylic acids is 1. The molecule has 7 nitrogen and oxygen atoms in total. The highest BCUT2D eigenvalue weighted by atomic mass is 17.4. The molecule has 4 unspecified atom stereocenters. The molecule has 7 heteroatoms. The van der Waals surface area contributed by atoms with E-state index in [9.17, 15) is 4.79 Å². The Morgan fingerprint density at radius 2 is 1.59 bits per heavy atom. The van der Waals surface area contributed by atoms with Crippen LogP contribution >= 0.6 is 0 Å². The van der Waals surface area contributed by atoms with Gasteiger partial charge in [0, 0.05) is 63.8 Å². The van der Waals surface area contributed by atoms with Crippen molar-refractivity contribution >= 4 is 5.91 Å². The molecule has 0 N–H and O–H groups in total. The number of rotatable bonds is 4. The van der Waals surface area contributed by atoms with E-state index in [1.165, 1.54) is 6.42 Å². The molecule has 0 aromatic rings. The Kier molecular flexibility index (Phi) is 7.31. The summed E-state index contributed by atoms with van der Waals surface area (Å²) in [5.41, 5.74) is 0. The van der Waals surface area contributed by atoms with Gasteiger partial charge in [0.25, 0.3) is 0 Å². The first-order valence-corrected chi connectivity index (χ1v) is 14.0. The molecule has 0 aromatic heterocycles. The van der Waals surface area contributed by atoms with E-state index in [0.29, 0.717) is 48.8 Å². The third kappa shape index (κ3) is 5.06. The van der Waals surface area contributed by atoms with Crippen molar-refractivity contribution < 1.29 is 24.3 Å². The summed E-state index contributed by atoms with van der Waals surface area (Å²) in [5.74, 6) is 1.83. The van der Waals surface area contributed by atoms with E-state index in [4.69, 9.17) is 19.6 Å². The summed E-state index contributed by atoms with van der Waals surface area (Å²) in [5, 5.41) is 0. The van der Waals surface area contributed by atoms with Gasteiger partial charge >= 0.3 is 0 Å². The predicted molar refractivity (Wildman–Crippen MR) is 128 cm³/mol. The Morgan fingerprint density at radius 3 is 2.24 bits per heavy atom. The molecule has 1 amide bonds. The van der Waals surface area contributed by atoms with Gasteiger partial charge in [-0.2, -0.15) is 19.6 Å². The van der Waals surface area contributed by atoms with Crippen LogP contribution in [0, 0.1) is 35.5 Å². The highest BCUT2D eigenvalue weighted by molar-refractivity contribution is 5.76. The van der Waals surface area contributed by atoms with E-state index < -0.39 is 11.6 Å². The van der Waals surface area contributed by atoms with Crippen LogP contribution in [0.15, 0.2) is 0 Å². The average molecular weight is 479 g/mol. The highest BCUT2D eigenvalue weighted by Gasteiger charge is 2.60. The van der Waals surface area contributed by atoms with Crippen LogP contribution in [-0.2, 0) is 24.3 Å². The molecule has 34 heavy (non-hydrogen) atoms. The predicted octanol–water partition coefficient (Wildman–Crippen LogP) is 4.76. The molecule has 0 radical (unpaired) electrons. The fraction of sp³-hybridized carbons (Fsp3) is 0.963. The van der Waals surface area contributed by atoms with Crippen molar-refractivity contribution in [2.24, 2.45) is 35.5 Å². The van der Waals surface area contributed by atoms with Crippen molar-refractivity contribution in [3.63, 3.8) is 0 Å². The van der Waals surface area contributed by atoms with Crippen molar-refractivity contribution in [3.8, 4) is 0 Å². The van der Waals surface area contributed by atoms with Gasteiger partial charge in [-0.1, -0.05) is 27.7 Å². The summed E-state index contributed by atoms with van der Waals surface area (Å²) >= 11 is 0. The minimum Gasteiger partial charge on any atom is -0.340 e. The first-order chi connectivity index (χ1) is 16.3. The van der Waals surface area contributed by atoms with Gasteiger partial charge in [-0.05, 0) is 62.2 Å². The summed E-state index contributed by atoms with van der Waals surface area (Å²) in [6.07, 6.45) is 8.52. The van der Waals surface area contributed by atoms with Crippen LogP contribution in [-0.4, -0.2) is 60.0 Å². The van der Waals surface area contributed by atoms with Crippen LogP contribution < -0.4 is 0 Å². The number of hydrogen-bond donors (Lipinski definition) is 0. The van der Waals surface area contributed by atoms with Gasteiger partial charge in [0.15, 0.2) is 0 Å². The smallest absolute Gasteiger partial charge is 0.239 e. The molecule has 0 aromatic carbocycles. The average Bonchev–Trinajstić information content (AvgIpc) is 2.80. The van der Waals surface area contributed by atoms with Gasteiger partial charge in [0.1, 0.15) is 0 Å². The lowest BCUT2D eigenvalue weighted by Gasteiger charge is -2.55. The zero-order valence-corrected chi connectivity index (χ0v) is 21.8. The molecule has 2 heterocycles. The maximum Gasteiger partial charge on any atom is 0.239 e. The maximum absolute atomic E-state index is 12.9. The second-order valence-electron chi connectivity index (χ2n) is 12.7. The minimum atomic E-state index is -0.815. The monoisotopic (exact) mass is 478 g/mol. The van der Waals surface area contributed by atoms with E-state index in [-0.39, 0.29) is 5.92 Å². The van der Waals surface area contributed by atoms with Crippen molar-refractivity contribution in [3.05, 3.63) is 0 Å². The first-order valence-electron chi connectivity index (χ1n) is 14.0. The minimum absolute atomic E-state index is 0.260. The second kappa shape index (κ2) is 9.97. The molecule has 5 aliphatic rings. The van der Waals surface area contributed by atoms with Crippen LogP contribution in [0.25, 0.3) is 0 Å². The fourth-order valence-electron chi connectivity index (χ4n) is 7.50. The van der Waals surface area contributed by atoms with E-state index in [1.807, 2.05) is 0 Å². The van der Waals surface area contributed by atoms with Crippen LogP contribution in [0.4, 0.5) is 0 Å². The zero-order chi connectivity index (χ0) is 23.9. The van der Waals surface area contributed by atoms with Crippen molar-refractivity contribution in [1.82, 2.24) is 9.80 Å². The quantitative estimate of drug-likeness (QED) is 0.543. The van der Waals surface area contributed by atoms with Crippen LogP contribution in [0.1, 0.15) is 85.5 Å². The van der Waals surface area contributed by atoms with E-state index in [0.717, 1.165) is 70.7 Å². The molecule has 2 aliphatic heterocycles. The molecular formula is C27H46N2O5. The largest absolute Gasteiger partial charge is 0.340 e. The maximum atomic E-state index is 12.9. The van der Waals surface area contributed by atoms with Gasteiger partial charge in [0.05, 0.1) is 0 Å². The molecule has 3 aliphatic carbocycles. The van der Waals surface area contributed by atoms with Crippen LogP contribution in [0.5, 0.6) is 0 Å². The topological polar surface area (TPSA) is 60.5 Å². The summed E-state index contributed by atoms with van der Waals surface area (Å²) in [6.45, 7) is 13.9. The highest BCUT2D eigenvalue weighted by Crippen LogP contribution is 2.55. The third-order valence-corrected chi connectivity index (χ3v) is 9.31. The van der Waals surface area contributed by atoms with Crippen molar-refractivity contribution in [2.75, 3.05) is 32.7 Å². The van der Waals surface area contributed by atoms with Crippen molar-refractivity contribution in [1.29, 1.82) is 0 Å². The first kappa shape index (κ1) is 24.9. The summed E-state index contributed by atoms with van der Waals surface area (Å²) in [4.78, 5) is 41.9. The Labute approximate surface area is 205 Å². The number of carbonyl (C=O) groups is 1. The Bertz CT molecular complexity index is 700. The Morgan fingerprint density at radius 1 is 0.912 bits per heavy atom. The van der Waals surface area contributed by atoms with Gasteiger partial charge in [0.2, 0.25) is 17.5 Å². The lowest BCUT2D eigenvalue weighted by atomic mass is 9.62. The lowest BCUT2D eigenvalue weighted by molar-refractivity contribution is -0.677. The molecule has 3 saturated carbocycles. The Hall–Kier alpha value is -0.730. The fourth-order valence-corrected chi connectivity index (χ4v) is 7.50. The van der Waals surface area contributed by atoms with Gasteiger partial charge in [-0.15, -0.1) is 0 Å². The molecule has 4 atom stereocenters. The normalized spacial score (nSPS) is 43.6. The van der Waals surface area contributed by atoms with Crippen LogP contribution in [0.3, 0.4) is 0 Å². The van der Waals surface area contributed by atoms with E-state index in [2.05, 4.69) is 37.5 Å². The van der Waals surface area contributed by atoms with E-state index >= 15 is 0 Å². The SMILES string of the molecule is CC(C)CN1CCN(C(=O)CC2CCC3(CC2)OOC2(OO3)C(C)CC3CC(C)CC2C3)CC1.